The highest BCUT2D eigenvalue weighted by molar-refractivity contribution is 9.10. The van der Waals surface area contributed by atoms with Crippen molar-refractivity contribution in [3.05, 3.63) is 28.7 Å². The van der Waals surface area contributed by atoms with Gasteiger partial charge in [-0.3, -0.25) is 4.79 Å². The largest absolute Gasteiger partial charge is 0.481 e. The molecule has 0 aliphatic rings. The minimum absolute atomic E-state index is 0.0458. The van der Waals surface area contributed by atoms with Crippen molar-refractivity contribution < 1.29 is 14.6 Å². The molecule has 118 valence electrons. The second-order valence-corrected chi connectivity index (χ2v) is 7.07. The van der Waals surface area contributed by atoms with Crippen LogP contribution in [-0.2, 0) is 4.79 Å². The number of hydrogen-bond acceptors (Lipinski definition) is 3. The molecule has 2 atom stereocenters. The van der Waals surface area contributed by atoms with Crippen LogP contribution >= 0.6 is 15.9 Å². The molecule has 2 unspecified atom stereocenters. The predicted molar refractivity (Wildman–Crippen MR) is 87.3 cm³/mol. The van der Waals surface area contributed by atoms with Crippen molar-refractivity contribution in [2.75, 3.05) is 6.61 Å². The summed E-state index contributed by atoms with van der Waals surface area (Å²) in [5.74, 6) is 0.474. The first-order chi connectivity index (χ1) is 9.74. The first-order valence-corrected chi connectivity index (χ1v) is 7.87. The maximum Gasteiger partial charge on any atom is 0.261 e. The van der Waals surface area contributed by atoms with E-state index in [9.17, 15) is 4.79 Å². The highest BCUT2D eigenvalue weighted by Gasteiger charge is 2.27. The van der Waals surface area contributed by atoms with Gasteiger partial charge in [-0.15, -0.1) is 0 Å². The molecule has 0 fully saturated rings. The van der Waals surface area contributed by atoms with E-state index in [0.29, 0.717) is 12.2 Å². The molecule has 0 radical (unpaired) electrons. The van der Waals surface area contributed by atoms with Gasteiger partial charge in [0.15, 0.2) is 6.10 Å². The molecule has 0 aromatic heterocycles. The van der Waals surface area contributed by atoms with Crippen LogP contribution in [0.3, 0.4) is 0 Å². The molecular weight excluding hydrogens is 334 g/mol. The minimum Gasteiger partial charge on any atom is -0.481 e. The first kappa shape index (κ1) is 18.0. The van der Waals surface area contributed by atoms with Gasteiger partial charge in [-0.1, -0.05) is 36.7 Å². The van der Waals surface area contributed by atoms with Crippen molar-refractivity contribution in [1.82, 2.24) is 5.32 Å². The highest BCUT2D eigenvalue weighted by atomic mass is 79.9. The predicted octanol–water partition coefficient (Wildman–Crippen LogP) is 3.13. The van der Waals surface area contributed by atoms with Gasteiger partial charge in [-0.25, -0.2) is 0 Å². The van der Waals surface area contributed by atoms with Crippen LogP contribution in [-0.4, -0.2) is 29.8 Å². The standard InChI is InChI=1S/C16H24BrNO3/c1-11(21-13-7-5-12(17)6-8-13)15(20)18-14(9-10-19)16(2,3)4/h5-8,11,14,19H,9-10H2,1-4H3,(H,18,20). The molecule has 0 saturated heterocycles. The van der Waals surface area contributed by atoms with Gasteiger partial charge >= 0.3 is 0 Å². The van der Waals surface area contributed by atoms with Crippen LogP contribution in [0.2, 0.25) is 0 Å². The lowest BCUT2D eigenvalue weighted by Crippen LogP contribution is -2.48. The lowest BCUT2D eigenvalue weighted by atomic mass is 9.85. The summed E-state index contributed by atoms with van der Waals surface area (Å²) in [6.07, 6.45) is -0.0602. The number of rotatable bonds is 6. The SMILES string of the molecule is CC(Oc1ccc(Br)cc1)C(=O)NC(CCO)C(C)(C)C. The van der Waals surface area contributed by atoms with Crippen molar-refractivity contribution in [1.29, 1.82) is 0 Å². The van der Waals surface area contributed by atoms with Gasteiger partial charge in [0.1, 0.15) is 5.75 Å². The summed E-state index contributed by atoms with van der Waals surface area (Å²) < 4.78 is 6.59. The van der Waals surface area contributed by atoms with E-state index in [1.165, 1.54) is 0 Å². The van der Waals surface area contributed by atoms with Gasteiger partial charge < -0.3 is 15.2 Å². The minimum atomic E-state index is -0.588. The molecule has 1 aromatic carbocycles. The number of ether oxygens (including phenoxy) is 1. The van der Waals surface area contributed by atoms with Crippen LogP contribution < -0.4 is 10.1 Å². The molecule has 0 aliphatic carbocycles. The zero-order valence-corrected chi connectivity index (χ0v) is 14.6. The van der Waals surface area contributed by atoms with Crippen molar-refractivity contribution in [2.24, 2.45) is 5.41 Å². The Morgan fingerprint density at radius 3 is 2.38 bits per heavy atom. The summed E-state index contributed by atoms with van der Waals surface area (Å²) in [5.41, 5.74) is -0.115. The average molecular weight is 358 g/mol. The van der Waals surface area contributed by atoms with E-state index in [2.05, 4.69) is 21.2 Å². The van der Waals surface area contributed by atoms with E-state index in [4.69, 9.17) is 9.84 Å². The van der Waals surface area contributed by atoms with Crippen molar-refractivity contribution >= 4 is 21.8 Å². The fraction of sp³-hybridized carbons (Fsp3) is 0.562. The summed E-state index contributed by atoms with van der Waals surface area (Å²) in [5, 5.41) is 12.1. The normalized spacial score (nSPS) is 14.4. The quantitative estimate of drug-likeness (QED) is 0.822. The zero-order valence-electron chi connectivity index (χ0n) is 13.0. The fourth-order valence-electron chi connectivity index (χ4n) is 1.91. The van der Waals surface area contributed by atoms with Crippen LogP contribution in [0.5, 0.6) is 5.75 Å². The number of aliphatic hydroxyl groups is 1. The smallest absolute Gasteiger partial charge is 0.261 e. The van der Waals surface area contributed by atoms with Gasteiger partial charge in [-0.2, -0.15) is 0 Å². The Bertz CT molecular complexity index is 454. The molecule has 2 N–H and O–H groups in total. The lowest BCUT2D eigenvalue weighted by molar-refractivity contribution is -0.128. The second kappa shape index (κ2) is 7.80. The number of nitrogens with one attached hydrogen (secondary N) is 1. The molecule has 4 nitrogen and oxygen atoms in total. The van der Waals surface area contributed by atoms with Gasteiger partial charge in [0.2, 0.25) is 0 Å². The van der Waals surface area contributed by atoms with Crippen molar-refractivity contribution in [3.8, 4) is 5.75 Å². The number of benzene rings is 1. The van der Waals surface area contributed by atoms with E-state index in [1.54, 1.807) is 6.92 Å². The Labute approximate surface area is 135 Å². The Hall–Kier alpha value is -1.07. The summed E-state index contributed by atoms with van der Waals surface area (Å²) in [7, 11) is 0. The van der Waals surface area contributed by atoms with Gasteiger partial charge in [-0.05, 0) is 43.0 Å². The van der Waals surface area contributed by atoms with E-state index < -0.39 is 6.10 Å². The number of halogens is 1. The van der Waals surface area contributed by atoms with Crippen LogP contribution in [0.1, 0.15) is 34.1 Å². The number of aliphatic hydroxyl groups excluding tert-OH is 1. The van der Waals surface area contributed by atoms with Crippen LogP contribution in [0.25, 0.3) is 0 Å². The Morgan fingerprint density at radius 1 is 1.33 bits per heavy atom. The molecule has 21 heavy (non-hydrogen) atoms. The van der Waals surface area contributed by atoms with Crippen LogP contribution in [0, 0.1) is 5.41 Å². The molecule has 0 spiro atoms. The molecular formula is C16H24BrNO3. The Kier molecular flexibility index (Phi) is 6.68. The topological polar surface area (TPSA) is 58.6 Å². The fourth-order valence-corrected chi connectivity index (χ4v) is 2.18. The summed E-state index contributed by atoms with van der Waals surface area (Å²) in [6.45, 7) is 7.87. The molecule has 1 aromatic rings. The third kappa shape index (κ3) is 6.06. The number of hydrogen-bond donors (Lipinski definition) is 2. The maximum absolute atomic E-state index is 12.2. The van der Waals surface area contributed by atoms with E-state index in [-0.39, 0.29) is 24.0 Å². The number of amides is 1. The summed E-state index contributed by atoms with van der Waals surface area (Å²) >= 11 is 3.35. The van der Waals surface area contributed by atoms with Crippen molar-refractivity contribution in [3.63, 3.8) is 0 Å². The van der Waals surface area contributed by atoms with E-state index in [0.717, 1.165) is 4.47 Å². The van der Waals surface area contributed by atoms with Gasteiger partial charge in [0.05, 0.1) is 0 Å². The van der Waals surface area contributed by atoms with Crippen LogP contribution in [0.15, 0.2) is 28.7 Å². The van der Waals surface area contributed by atoms with E-state index >= 15 is 0 Å². The number of carbonyl (C=O) groups excluding carboxylic acids is 1. The maximum atomic E-state index is 12.2. The molecule has 1 amide bonds. The molecule has 0 aliphatic heterocycles. The monoisotopic (exact) mass is 357 g/mol. The highest BCUT2D eigenvalue weighted by Crippen LogP contribution is 2.22. The third-order valence-electron chi connectivity index (χ3n) is 3.28. The number of carbonyl (C=O) groups is 1. The Balaban J connectivity index is 2.62. The van der Waals surface area contributed by atoms with E-state index in [1.807, 2.05) is 45.0 Å². The van der Waals surface area contributed by atoms with Crippen LogP contribution in [0.4, 0.5) is 0 Å². The summed E-state index contributed by atoms with van der Waals surface area (Å²) in [4.78, 5) is 12.2. The molecule has 0 heterocycles. The molecule has 0 saturated carbocycles. The first-order valence-electron chi connectivity index (χ1n) is 7.07. The zero-order chi connectivity index (χ0) is 16.0. The second-order valence-electron chi connectivity index (χ2n) is 6.15. The lowest BCUT2D eigenvalue weighted by Gasteiger charge is -2.32. The molecule has 5 heteroatoms. The third-order valence-corrected chi connectivity index (χ3v) is 3.80. The molecule has 0 bridgehead atoms. The molecule has 1 rings (SSSR count). The Morgan fingerprint density at radius 2 is 1.90 bits per heavy atom. The van der Waals surface area contributed by atoms with Gasteiger partial charge in [0.25, 0.3) is 5.91 Å². The van der Waals surface area contributed by atoms with Crippen molar-refractivity contribution in [2.45, 2.75) is 46.3 Å². The summed E-state index contributed by atoms with van der Waals surface area (Å²) in [6, 6.07) is 7.25. The van der Waals surface area contributed by atoms with Gasteiger partial charge in [0, 0.05) is 17.1 Å². The average Bonchev–Trinajstić information content (AvgIpc) is 2.39.